The van der Waals surface area contributed by atoms with Gasteiger partial charge in [0.25, 0.3) is 0 Å². The Morgan fingerprint density at radius 2 is 0.843 bits per heavy atom. The van der Waals surface area contributed by atoms with Gasteiger partial charge in [-0.1, -0.05) is 209 Å². The van der Waals surface area contributed by atoms with E-state index in [2.05, 4.69) is 93.7 Å². The largest absolute Gasteiger partial charge is 0.462 e. The number of allylic oxidation sites excluding steroid dienone is 12. The number of carbonyl (C=O) groups is 3. The Morgan fingerprint density at radius 3 is 1.34 bits per heavy atom. The van der Waals surface area contributed by atoms with Crippen molar-refractivity contribution in [3.63, 3.8) is 0 Å². The lowest BCUT2D eigenvalue weighted by Gasteiger charge is -2.43. The van der Waals surface area contributed by atoms with Crippen molar-refractivity contribution in [1.29, 1.82) is 0 Å². The van der Waals surface area contributed by atoms with Crippen molar-refractivity contribution in [1.82, 2.24) is 0 Å². The van der Waals surface area contributed by atoms with Crippen molar-refractivity contribution >= 4 is 17.9 Å². The third kappa shape index (κ3) is 37.6. The third-order valence-electron chi connectivity index (χ3n) is 14.9. The van der Waals surface area contributed by atoms with Gasteiger partial charge in [-0.2, -0.15) is 0 Å². The highest BCUT2D eigenvalue weighted by atomic mass is 16.7. The lowest BCUT2D eigenvalue weighted by Crippen LogP contribution is -2.62. The minimum Gasteiger partial charge on any atom is -0.462 e. The molecule has 2 fully saturated rings. The maximum Gasteiger partial charge on any atom is 0.306 e. The standard InChI is InChI=1S/C67H114O16/c1-4-7-10-13-16-19-22-25-27-30-33-36-39-42-45-48-58(70)80-54(51-77-57(69)47-44-41-38-35-32-29-24-21-18-15-12-9-6-3)52-78-66-63(75)62(74)60(72)56(82-66)53-79-67-64(76)65(61(73)55(50-68)81-67)83-59(71)49-46-43-40-37-34-31-28-26-23-20-17-14-11-8-5-2/h7-8,10-11,16-17,19-20,25-28,54-56,60-68,72-76H,4-6,9,12-15,18,21-24,29-53H2,1-3H3. The second-order valence-electron chi connectivity index (χ2n) is 22.3. The molecule has 0 bridgehead atoms. The molecule has 2 heterocycles. The quantitative estimate of drug-likeness (QED) is 0.0144. The number of esters is 3. The first-order chi connectivity index (χ1) is 40.5. The molecule has 0 radical (unpaired) electrons. The molecule has 2 aliphatic heterocycles. The molecule has 16 nitrogen and oxygen atoms in total. The van der Waals surface area contributed by atoms with Gasteiger partial charge in [0.1, 0.15) is 49.3 Å². The molecule has 0 aromatic rings. The van der Waals surface area contributed by atoms with Gasteiger partial charge >= 0.3 is 17.9 Å². The van der Waals surface area contributed by atoms with Crippen LogP contribution in [0.4, 0.5) is 0 Å². The zero-order chi connectivity index (χ0) is 60.4. The molecule has 0 spiro atoms. The van der Waals surface area contributed by atoms with E-state index in [0.717, 1.165) is 122 Å². The van der Waals surface area contributed by atoms with Crippen LogP contribution in [0.1, 0.15) is 239 Å². The second-order valence-corrected chi connectivity index (χ2v) is 22.3. The molecule has 2 aliphatic rings. The highest BCUT2D eigenvalue weighted by molar-refractivity contribution is 5.70. The summed E-state index contributed by atoms with van der Waals surface area (Å²) in [7, 11) is 0. The van der Waals surface area contributed by atoms with E-state index in [1.807, 2.05) is 0 Å². The summed E-state index contributed by atoms with van der Waals surface area (Å²) in [5, 5.41) is 65.0. The predicted molar refractivity (Wildman–Crippen MR) is 326 cm³/mol. The van der Waals surface area contributed by atoms with Crippen molar-refractivity contribution in [3.8, 4) is 0 Å². The van der Waals surface area contributed by atoms with E-state index in [0.29, 0.717) is 19.3 Å². The summed E-state index contributed by atoms with van der Waals surface area (Å²) >= 11 is 0. The van der Waals surface area contributed by atoms with Crippen molar-refractivity contribution in [3.05, 3.63) is 72.9 Å². The zero-order valence-corrected chi connectivity index (χ0v) is 51.4. The number of rotatable bonds is 51. The van der Waals surface area contributed by atoms with Crippen LogP contribution in [-0.2, 0) is 47.5 Å². The Balaban J connectivity index is 1.91. The van der Waals surface area contributed by atoms with Crippen LogP contribution < -0.4 is 0 Å². The maximum atomic E-state index is 13.2. The Morgan fingerprint density at radius 1 is 0.422 bits per heavy atom. The summed E-state index contributed by atoms with van der Waals surface area (Å²) in [6, 6.07) is 0. The second kappa shape index (κ2) is 51.7. The minimum atomic E-state index is -1.80. The summed E-state index contributed by atoms with van der Waals surface area (Å²) in [6.45, 7) is 4.48. The smallest absolute Gasteiger partial charge is 0.306 e. The van der Waals surface area contributed by atoms with Gasteiger partial charge < -0.3 is 63.8 Å². The van der Waals surface area contributed by atoms with Gasteiger partial charge in [-0.05, 0) is 83.5 Å². The lowest BCUT2D eigenvalue weighted by atomic mass is 9.98. The topological polar surface area (TPSA) is 237 Å². The van der Waals surface area contributed by atoms with Gasteiger partial charge in [-0.25, -0.2) is 0 Å². The fourth-order valence-corrected chi connectivity index (χ4v) is 9.81. The minimum absolute atomic E-state index is 0.0486. The van der Waals surface area contributed by atoms with Crippen LogP contribution in [0.2, 0.25) is 0 Å². The number of unbranched alkanes of at least 4 members (excludes halogenated alkanes) is 22. The molecule has 0 saturated carbocycles. The molecule has 16 heteroatoms. The van der Waals surface area contributed by atoms with Gasteiger partial charge in [-0.3, -0.25) is 14.4 Å². The number of aliphatic hydroxyl groups is 6. The molecular weight excluding hydrogens is 1060 g/mol. The number of hydrogen-bond donors (Lipinski definition) is 6. The summed E-state index contributed by atoms with van der Waals surface area (Å²) < 4.78 is 40.0. The summed E-state index contributed by atoms with van der Waals surface area (Å²) in [6.07, 6.45) is 41.2. The fourth-order valence-electron chi connectivity index (χ4n) is 9.81. The SMILES string of the molecule is CCC=CCC=CCC=CCCCCCCCC(=O)OC(COC(=O)CCCCCCCCCCCCCCC)COC1OC(COC2OC(CO)C(O)C(OC(=O)CCCCCCCC=CCC=CCC=CCC)C2O)C(O)C(O)C1O. The highest BCUT2D eigenvalue weighted by Crippen LogP contribution is 2.28. The van der Waals surface area contributed by atoms with E-state index in [4.69, 9.17) is 33.2 Å². The molecule has 0 aliphatic carbocycles. The molecule has 478 valence electrons. The molecule has 0 amide bonds. The first-order valence-electron chi connectivity index (χ1n) is 32.5. The van der Waals surface area contributed by atoms with Crippen molar-refractivity contribution in [2.24, 2.45) is 0 Å². The Bertz CT molecular complexity index is 1780. The van der Waals surface area contributed by atoms with E-state index in [9.17, 15) is 45.0 Å². The fraction of sp³-hybridized carbons (Fsp3) is 0.776. The van der Waals surface area contributed by atoms with Crippen LogP contribution in [-0.4, -0.2) is 142 Å². The monoisotopic (exact) mass is 1170 g/mol. The van der Waals surface area contributed by atoms with Crippen LogP contribution in [0.5, 0.6) is 0 Å². The number of aliphatic hydroxyl groups excluding tert-OH is 6. The van der Waals surface area contributed by atoms with Crippen LogP contribution in [0.15, 0.2) is 72.9 Å². The van der Waals surface area contributed by atoms with E-state index >= 15 is 0 Å². The van der Waals surface area contributed by atoms with E-state index in [-0.39, 0.29) is 25.9 Å². The Hall–Kier alpha value is -3.55. The van der Waals surface area contributed by atoms with Gasteiger partial charge in [0, 0.05) is 19.3 Å². The number of hydrogen-bond acceptors (Lipinski definition) is 16. The number of carbonyl (C=O) groups excluding carboxylic acids is 3. The molecule has 0 aromatic heterocycles. The van der Waals surface area contributed by atoms with Crippen LogP contribution >= 0.6 is 0 Å². The van der Waals surface area contributed by atoms with Gasteiger partial charge in [-0.15, -0.1) is 0 Å². The van der Waals surface area contributed by atoms with E-state index in [1.54, 1.807) is 0 Å². The van der Waals surface area contributed by atoms with Gasteiger partial charge in [0.15, 0.2) is 24.8 Å². The first-order valence-corrected chi connectivity index (χ1v) is 32.5. The summed E-state index contributed by atoms with van der Waals surface area (Å²) in [5.41, 5.74) is 0. The highest BCUT2D eigenvalue weighted by Gasteiger charge is 2.49. The molecule has 11 atom stereocenters. The summed E-state index contributed by atoms with van der Waals surface area (Å²) in [5.74, 6) is -1.61. The van der Waals surface area contributed by atoms with Gasteiger partial charge in [0.05, 0.1) is 19.8 Å². The van der Waals surface area contributed by atoms with Crippen LogP contribution in [0, 0.1) is 0 Å². The molecule has 11 unspecified atom stereocenters. The normalized spacial score (nSPS) is 23.7. The third-order valence-corrected chi connectivity index (χ3v) is 14.9. The van der Waals surface area contributed by atoms with Crippen molar-refractivity contribution in [2.45, 2.75) is 307 Å². The first kappa shape index (κ1) is 75.5. The van der Waals surface area contributed by atoms with E-state index in [1.165, 1.54) is 57.8 Å². The van der Waals surface area contributed by atoms with Gasteiger partial charge in [0.2, 0.25) is 0 Å². The molecule has 0 aromatic carbocycles. The predicted octanol–water partition coefficient (Wildman–Crippen LogP) is 12.3. The molecular formula is C67H114O16. The summed E-state index contributed by atoms with van der Waals surface area (Å²) in [4.78, 5) is 39.0. The Kier molecular flexibility index (Phi) is 47.0. The maximum absolute atomic E-state index is 13.2. The molecule has 6 N–H and O–H groups in total. The average molecular weight is 1180 g/mol. The molecule has 83 heavy (non-hydrogen) atoms. The van der Waals surface area contributed by atoms with Crippen molar-refractivity contribution in [2.75, 3.05) is 26.4 Å². The van der Waals surface area contributed by atoms with Crippen LogP contribution in [0.25, 0.3) is 0 Å². The molecule has 2 rings (SSSR count). The zero-order valence-electron chi connectivity index (χ0n) is 51.4. The lowest BCUT2D eigenvalue weighted by molar-refractivity contribution is -0.333. The number of ether oxygens (including phenoxy) is 7. The Labute approximate surface area is 500 Å². The van der Waals surface area contributed by atoms with Crippen LogP contribution in [0.3, 0.4) is 0 Å². The average Bonchev–Trinajstić information content (AvgIpc) is 3.57. The van der Waals surface area contributed by atoms with Crippen molar-refractivity contribution < 1.29 is 78.2 Å². The molecule has 2 saturated heterocycles. The van der Waals surface area contributed by atoms with E-state index < -0.39 is 105 Å².